The van der Waals surface area contributed by atoms with Crippen molar-refractivity contribution in [2.75, 3.05) is 11.5 Å². The molecule has 0 radical (unpaired) electrons. The van der Waals surface area contributed by atoms with Crippen LogP contribution in [0.15, 0.2) is 24.3 Å². The summed E-state index contributed by atoms with van der Waals surface area (Å²) in [6.07, 6.45) is 8.31. The number of hydrogen-bond acceptors (Lipinski definition) is 3. The highest BCUT2D eigenvalue weighted by molar-refractivity contribution is 8.17. The van der Waals surface area contributed by atoms with Crippen molar-refractivity contribution in [1.82, 2.24) is 0 Å². The molecular weight excluding hydrogens is 294 g/mol. The Kier molecular flexibility index (Phi) is 7.53. The summed E-state index contributed by atoms with van der Waals surface area (Å²) in [6, 6.07) is 10.4. The molecule has 2 rings (SSSR count). The zero-order chi connectivity index (χ0) is 14.9. The fourth-order valence-corrected chi connectivity index (χ4v) is 5.83. The average Bonchev–Trinajstić information content (AvgIpc) is 2.55. The van der Waals surface area contributed by atoms with Crippen LogP contribution in [0.2, 0.25) is 0 Å². The Hall–Kier alpha value is -0.590. The van der Waals surface area contributed by atoms with E-state index in [2.05, 4.69) is 48.6 Å². The van der Waals surface area contributed by atoms with Crippen LogP contribution in [0, 0.1) is 11.3 Å². The summed E-state index contributed by atoms with van der Waals surface area (Å²) < 4.78 is 0.807. The third-order valence-corrected chi connectivity index (χ3v) is 7.24. The molecule has 0 amide bonds. The zero-order valence-corrected chi connectivity index (χ0v) is 14.5. The third-order valence-electron chi connectivity index (χ3n) is 4.02. The first-order chi connectivity index (χ1) is 10.3. The second-order valence-electron chi connectivity index (χ2n) is 5.73. The summed E-state index contributed by atoms with van der Waals surface area (Å²) in [6.45, 7) is 2.27. The first kappa shape index (κ1) is 16.8. The number of hydrogen-bond donors (Lipinski definition) is 0. The second-order valence-corrected chi connectivity index (χ2v) is 8.50. The Labute approximate surface area is 137 Å². The summed E-state index contributed by atoms with van der Waals surface area (Å²) in [5.41, 5.74) is 2.16. The monoisotopic (exact) mass is 319 g/mol. The van der Waals surface area contributed by atoms with Crippen LogP contribution in [-0.4, -0.2) is 16.1 Å². The van der Waals surface area contributed by atoms with Crippen LogP contribution in [-0.2, 0) is 0 Å². The van der Waals surface area contributed by atoms with Gasteiger partial charge in [0.1, 0.15) is 0 Å². The van der Waals surface area contributed by atoms with Crippen molar-refractivity contribution >= 4 is 23.5 Å². The van der Waals surface area contributed by atoms with Gasteiger partial charge >= 0.3 is 0 Å². The number of benzene rings is 1. The summed E-state index contributed by atoms with van der Waals surface area (Å²) in [5.74, 6) is 3.13. The fraction of sp³-hybridized carbons (Fsp3) is 0.611. The number of unbranched alkanes of at least 4 members (excludes halogenated alkanes) is 4. The van der Waals surface area contributed by atoms with E-state index in [-0.39, 0.29) is 0 Å². The molecule has 1 aromatic carbocycles. The minimum absolute atomic E-state index is 0.657. The molecule has 0 atom stereocenters. The van der Waals surface area contributed by atoms with Crippen LogP contribution in [0.3, 0.4) is 0 Å². The summed E-state index contributed by atoms with van der Waals surface area (Å²) >= 11 is 4.28. The van der Waals surface area contributed by atoms with Crippen LogP contribution in [0.25, 0.3) is 0 Å². The lowest BCUT2D eigenvalue weighted by atomic mass is 10.0. The zero-order valence-electron chi connectivity index (χ0n) is 12.9. The van der Waals surface area contributed by atoms with Crippen molar-refractivity contribution in [3.05, 3.63) is 35.4 Å². The van der Waals surface area contributed by atoms with E-state index in [0.717, 1.165) is 10.1 Å². The predicted molar refractivity (Wildman–Crippen MR) is 96.0 cm³/mol. The van der Waals surface area contributed by atoms with Crippen LogP contribution < -0.4 is 0 Å². The van der Waals surface area contributed by atoms with E-state index in [1.165, 1.54) is 55.6 Å². The van der Waals surface area contributed by atoms with Gasteiger partial charge in [-0.15, -0.1) is 23.5 Å². The Morgan fingerprint density at radius 2 is 1.71 bits per heavy atom. The highest BCUT2D eigenvalue weighted by Crippen LogP contribution is 2.40. The highest BCUT2D eigenvalue weighted by atomic mass is 32.2. The van der Waals surface area contributed by atoms with Gasteiger partial charge in [0.25, 0.3) is 0 Å². The van der Waals surface area contributed by atoms with Crippen molar-refractivity contribution in [2.24, 2.45) is 0 Å². The van der Waals surface area contributed by atoms with Crippen LogP contribution >= 0.6 is 23.5 Å². The van der Waals surface area contributed by atoms with Gasteiger partial charge in [-0.25, -0.2) is 0 Å². The molecule has 1 aliphatic heterocycles. The van der Waals surface area contributed by atoms with Gasteiger partial charge in [0, 0.05) is 17.4 Å². The van der Waals surface area contributed by atoms with Crippen LogP contribution in [0.4, 0.5) is 0 Å². The number of rotatable bonds is 7. The molecule has 0 bridgehead atoms. The Balaban J connectivity index is 1.69. The van der Waals surface area contributed by atoms with Crippen molar-refractivity contribution in [1.29, 1.82) is 5.26 Å². The molecule has 1 saturated heterocycles. The van der Waals surface area contributed by atoms with E-state index < -0.39 is 0 Å². The molecule has 21 heavy (non-hydrogen) atoms. The number of nitriles is 1. The van der Waals surface area contributed by atoms with E-state index in [4.69, 9.17) is 5.26 Å². The second kappa shape index (κ2) is 9.43. The van der Waals surface area contributed by atoms with Crippen molar-refractivity contribution < 1.29 is 0 Å². The summed E-state index contributed by atoms with van der Waals surface area (Å²) in [4.78, 5) is 0. The van der Waals surface area contributed by atoms with E-state index in [9.17, 15) is 0 Å². The molecule has 1 nitrogen and oxygen atoms in total. The standard InChI is InChI=1S/C18H25NS2/c1-2-3-4-5-6-7-18-20-13-17(14-21-18)16-10-8-15(12-19)9-11-16/h8-11,17-18H,2-7,13-14H2,1H3. The fourth-order valence-electron chi connectivity index (χ4n) is 2.65. The van der Waals surface area contributed by atoms with Gasteiger partial charge in [-0.3, -0.25) is 0 Å². The minimum atomic E-state index is 0.657. The SMILES string of the molecule is CCCCCCCC1SCC(c2ccc(C#N)cc2)CS1. The number of thioether (sulfide) groups is 2. The van der Waals surface area contributed by atoms with E-state index in [1.54, 1.807) is 0 Å². The minimum Gasteiger partial charge on any atom is -0.192 e. The molecule has 1 aromatic rings. The first-order valence-electron chi connectivity index (χ1n) is 8.06. The van der Waals surface area contributed by atoms with E-state index in [0.29, 0.717) is 5.92 Å². The van der Waals surface area contributed by atoms with Crippen LogP contribution in [0.5, 0.6) is 0 Å². The van der Waals surface area contributed by atoms with Crippen LogP contribution in [0.1, 0.15) is 62.5 Å². The molecule has 0 N–H and O–H groups in total. The molecule has 3 heteroatoms. The molecule has 0 saturated carbocycles. The largest absolute Gasteiger partial charge is 0.192 e. The molecule has 1 fully saturated rings. The van der Waals surface area contributed by atoms with Crippen molar-refractivity contribution in [3.63, 3.8) is 0 Å². The van der Waals surface area contributed by atoms with Crippen molar-refractivity contribution in [2.45, 2.75) is 55.9 Å². The molecule has 114 valence electrons. The maximum Gasteiger partial charge on any atom is 0.0991 e. The average molecular weight is 320 g/mol. The molecule has 0 aliphatic carbocycles. The van der Waals surface area contributed by atoms with Gasteiger partial charge in [0.2, 0.25) is 0 Å². The lowest BCUT2D eigenvalue weighted by molar-refractivity contribution is 0.621. The van der Waals surface area contributed by atoms with E-state index in [1.807, 2.05) is 12.1 Å². The first-order valence-corrected chi connectivity index (χ1v) is 10.2. The summed E-state index contributed by atoms with van der Waals surface area (Å²) in [5, 5.41) is 8.85. The molecule has 1 aliphatic rings. The Morgan fingerprint density at radius 1 is 1.05 bits per heavy atom. The molecule has 0 aromatic heterocycles. The summed E-state index contributed by atoms with van der Waals surface area (Å²) in [7, 11) is 0. The quantitative estimate of drug-likeness (QED) is 0.593. The maximum absolute atomic E-state index is 8.85. The molecular formula is C18H25NS2. The lowest BCUT2D eigenvalue weighted by Gasteiger charge is -2.28. The van der Waals surface area contributed by atoms with Gasteiger partial charge in [0.05, 0.1) is 16.2 Å². The van der Waals surface area contributed by atoms with Gasteiger partial charge < -0.3 is 0 Å². The number of nitrogens with zero attached hydrogens (tertiary/aromatic N) is 1. The van der Waals surface area contributed by atoms with Gasteiger partial charge in [0.15, 0.2) is 0 Å². The predicted octanol–water partition coefficient (Wildman–Crippen LogP) is 5.81. The van der Waals surface area contributed by atoms with Gasteiger partial charge in [-0.2, -0.15) is 5.26 Å². The molecule has 0 spiro atoms. The topological polar surface area (TPSA) is 23.8 Å². The van der Waals surface area contributed by atoms with Crippen molar-refractivity contribution in [3.8, 4) is 6.07 Å². The normalized spacial score (nSPS) is 21.9. The Morgan fingerprint density at radius 3 is 2.33 bits per heavy atom. The Bertz CT molecular complexity index is 441. The van der Waals surface area contributed by atoms with Gasteiger partial charge in [-0.05, 0) is 24.1 Å². The maximum atomic E-state index is 8.85. The molecule has 1 heterocycles. The highest BCUT2D eigenvalue weighted by Gasteiger charge is 2.22. The third kappa shape index (κ3) is 5.60. The van der Waals surface area contributed by atoms with E-state index >= 15 is 0 Å². The molecule has 0 unspecified atom stereocenters. The lowest BCUT2D eigenvalue weighted by Crippen LogP contribution is -2.16. The van der Waals surface area contributed by atoms with Gasteiger partial charge in [-0.1, -0.05) is 51.2 Å². The smallest absolute Gasteiger partial charge is 0.0991 e.